The van der Waals surface area contributed by atoms with Crippen LogP contribution in [-0.2, 0) is 40.0 Å². The summed E-state index contributed by atoms with van der Waals surface area (Å²) in [5.41, 5.74) is 4.32. The van der Waals surface area contributed by atoms with E-state index in [1.807, 2.05) is 26.5 Å². The Morgan fingerprint density at radius 2 is 2.17 bits per heavy atom. The molecule has 3 aromatic rings. The minimum Gasteiger partial charge on any atom is -0.324 e. The van der Waals surface area contributed by atoms with Crippen LogP contribution in [0.1, 0.15) is 34.9 Å². The lowest BCUT2D eigenvalue weighted by atomic mass is 9.93. The molecule has 29 heavy (non-hydrogen) atoms. The summed E-state index contributed by atoms with van der Waals surface area (Å²) in [6.45, 7) is 2.51. The first-order valence-corrected chi connectivity index (χ1v) is 10.6. The molecule has 5 nitrogen and oxygen atoms in total. The Morgan fingerprint density at radius 1 is 1.34 bits per heavy atom. The van der Waals surface area contributed by atoms with Gasteiger partial charge in [-0.15, -0.1) is 0 Å². The van der Waals surface area contributed by atoms with Gasteiger partial charge in [-0.1, -0.05) is 11.6 Å². The molecule has 0 fully saturated rings. The van der Waals surface area contributed by atoms with E-state index < -0.39 is 0 Å². The molecular formula is C21H25ClFN5S. The van der Waals surface area contributed by atoms with Gasteiger partial charge in [-0.05, 0) is 48.8 Å². The van der Waals surface area contributed by atoms with Gasteiger partial charge in [0.1, 0.15) is 5.82 Å². The predicted molar refractivity (Wildman–Crippen MR) is 115 cm³/mol. The lowest BCUT2D eigenvalue weighted by Crippen LogP contribution is -2.18. The number of rotatable bonds is 7. The number of aryl methyl sites for hydroxylation is 1. The molecule has 0 bridgehead atoms. The molecule has 1 unspecified atom stereocenters. The summed E-state index contributed by atoms with van der Waals surface area (Å²) in [7, 11) is 3.95. The van der Waals surface area contributed by atoms with Gasteiger partial charge in [-0.25, -0.2) is 4.39 Å². The van der Waals surface area contributed by atoms with E-state index in [2.05, 4.69) is 19.5 Å². The number of halogens is 2. The van der Waals surface area contributed by atoms with Crippen molar-refractivity contribution in [1.82, 2.24) is 24.2 Å². The highest BCUT2D eigenvalue weighted by Crippen LogP contribution is 2.36. The average Bonchev–Trinajstić information content (AvgIpc) is 3.35. The number of nitrogens with zero attached hydrogens (tertiary/aromatic N) is 4. The fourth-order valence-electron chi connectivity index (χ4n) is 4.28. The summed E-state index contributed by atoms with van der Waals surface area (Å²) in [5.74, 6) is 0.0567. The number of fused-ring (bicyclic) bond motifs is 1. The maximum Gasteiger partial charge on any atom is 0.179 e. The van der Waals surface area contributed by atoms with Crippen molar-refractivity contribution >= 4 is 23.8 Å². The third kappa shape index (κ3) is 4.17. The van der Waals surface area contributed by atoms with E-state index in [1.165, 1.54) is 17.5 Å². The molecule has 4 rings (SSSR count). The zero-order valence-electron chi connectivity index (χ0n) is 16.7. The van der Waals surface area contributed by atoms with Crippen molar-refractivity contribution in [2.24, 2.45) is 14.1 Å². The zero-order chi connectivity index (χ0) is 20.5. The number of imidazole rings is 1. The fraction of sp³-hybridized carbons (Fsp3) is 0.429. The number of hydrogen-bond acceptors (Lipinski definition) is 3. The maximum absolute atomic E-state index is 14.3. The Hall–Kier alpha value is -1.96. The van der Waals surface area contributed by atoms with Crippen molar-refractivity contribution < 1.29 is 4.39 Å². The molecule has 0 amide bonds. The van der Waals surface area contributed by atoms with E-state index in [-0.39, 0.29) is 11.7 Å². The molecule has 1 atom stereocenters. The van der Waals surface area contributed by atoms with E-state index in [1.54, 1.807) is 16.8 Å². The van der Waals surface area contributed by atoms with Crippen LogP contribution in [0.5, 0.6) is 0 Å². The van der Waals surface area contributed by atoms with Gasteiger partial charge in [0.05, 0.1) is 6.20 Å². The minimum absolute atomic E-state index is 0.193. The van der Waals surface area contributed by atoms with Gasteiger partial charge in [0.15, 0.2) is 4.77 Å². The van der Waals surface area contributed by atoms with E-state index in [0.717, 1.165) is 42.8 Å². The first kappa shape index (κ1) is 20.3. The number of nitrogens with one attached hydrogen (secondary N) is 1. The van der Waals surface area contributed by atoms with Crippen molar-refractivity contribution in [3.63, 3.8) is 0 Å². The van der Waals surface area contributed by atoms with Crippen LogP contribution < -0.4 is 5.32 Å². The molecule has 1 aliphatic rings. The Labute approximate surface area is 180 Å². The van der Waals surface area contributed by atoms with Crippen LogP contribution in [0, 0.1) is 10.6 Å². The van der Waals surface area contributed by atoms with Gasteiger partial charge in [0, 0.05) is 74.2 Å². The lowest BCUT2D eigenvalue weighted by molar-refractivity contribution is 0.577. The standard InChI is InChI=1S/C21H25ClFN5S/c1-26-13-14(12-25-26)11-24-7-5-19-20-15(6-8-28(20)21(29)27(19)2)9-16-10-17(22)3-4-18(16)23/h3-4,10,12-13,15,24H,5-9,11H2,1-2H3. The summed E-state index contributed by atoms with van der Waals surface area (Å²) >= 11 is 11.8. The van der Waals surface area contributed by atoms with E-state index >= 15 is 0 Å². The van der Waals surface area contributed by atoms with Gasteiger partial charge in [-0.3, -0.25) is 4.68 Å². The Balaban J connectivity index is 1.50. The molecule has 1 aromatic carbocycles. The third-order valence-electron chi connectivity index (χ3n) is 5.70. The minimum atomic E-state index is -0.193. The van der Waals surface area contributed by atoms with E-state index in [0.29, 0.717) is 17.0 Å². The molecule has 1 N–H and O–H groups in total. The van der Waals surface area contributed by atoms with Crippen molar-refractivity contribution in [1.29, 1.82) is 0 Å². The van der Waals surface area contributed by atoms with Gasteiger partial charge in [0.2, 0.25) is 0 Å². The van der Waals surface area contributed by atoms with E-state index in [4.69, 9.17) is 23.8 Å². The second-order valence-corrected chi connectivity index (χ2v) is 8.50. The molecule has 0 radical (unpaired) electrons. The predicted octanol–water partition coefficient (Wildman–Crippen LogP) is 4.14. The van der Waals surface area contributed by atoms with Crippen molar-refractivity contribution in [2.45, 2.75) is 38.3 Å². The molecule has 0 saturated carbocycles. The Bertz CT molecular complexity index is 1080. The topological polar surface area (TPSA) is 39.7 Å². The van der Waals surface area contributed by atoms with E-state index in [9.17, 15) is 4.39 Å². The van der Waals surface area contributed by atoms with Crippen molar-refractivity contribution in [2.75, 3.05) is 6.54 Å². The molecule has 0 saturated heterocycles. The molecular weight excluding hydrogens is 409 g/mol. The molecule has 1 aliphatic heterocycles. The highest BCUT2D eigenvalue weighted by atomic mass is 35.5. The largest absolute Gasteiger partial charge is 0.324 e. The SMILES string of the molecule is Cn1cc(CNCCc2c3n(c(=S)n2C)CCC3Cc2cc(Cl)ccc2F)cn1. The van der Waals surface area contributed by atoms with Gasteiger partial charge < -0.3 is 14.5 Å². The van der Waals surface area contributed by atoms with Gasteiger partial charge >= 0.3 is 0 Å². The number of aromatic nitrogens is 4. The zero-order valence-corrected chi connectivity index (χ0v) is 18.2. The number of benzene rings is 1. The van der Waals surface area contributed by atoms with Crippen molar-refractivity contribution in [3.05, 3.63) is 68.7 Å². The highest BCUT2D eigenvalue weighted by Gasteiger charge is 2.29. The molecule has 0 spiro atoms. The summed E-state index contributed by atoms with van der Waals surface area (Å²) in [5, 5.41) is 8.25. The average molecular weight is 434 g/mol. The van der Waals surface area contributed by atoms with Gasteiger partial charge in [-0.2, -0.15) is 5.10 Å². The maximum atomic E-state index is 14.3. The molecule has 0 aliphatic carbocycles. The van der Waals surface area contributed by atoms with Crippen LogP contribution in [-0.4, -0.2) is 25.5 Å². The molecule has 3 heterocycles. The summed E-state index contributed by atoms with van der Waals surface area (Å²) in [6.07, 6.45) is 6.38. The summed E-state index contributed by atoms with van der Waals surface area (Å²) < 4.78 is 21.3. The second kappa shape index (κ2) is 8.42. The molecule has 154 valence electrons. The van der Waals surface area contributed by atoms with Crippen LogP contribution >= 0.6 is 23.8 Å². The van der Waals surface area contributed by atoms with Crippen LogP contribution in [0.3, 0.4) is 0 Å². The highest BCUT2D eigenvalue weighted by molar-refractivity contribution is 7.71. The van der Waals surface area contributed by atoms with Crippen LogP contribution in [0.25, 0.3) is 0 Å². The number of hydrogen-bond donors (Lipinski definition) is 1. The Kier molecular flexibility index (Phi) is 5.90. The fourth-order valence-corrected chi connectivity index (χ4v) is 4.78. The molecule has 2 aromatic heterocycles. The third-order valence-corrected chi connectivity index (χ3v) is 6.43. The monoisotopic (exact) mass is 433 g/mol. The van der Waals surface area contributed by atoms with Crippen LogP contribution in [0.2, 0.25) is 5.02 Å². The summed E-state index contributed by atoms with van der Waals surface area (Å²) in [6, 6.07) is 4.79. The summed E-state index contributed by atoms with van der Waals surface area (Å²) in [4.78, 5) is 0. The second-order valence-electron chi connectivity index (χ2n) is 7.70. The normalized spacial score (nSPS) is 15.8. The van der Waals surface area contributed by atoms with Crippen molar-refractivity contribution in [3.8, 4) is 0 Å². The Morgan fingerprint density at radius 3 is 2.93 bits per heavy atom. The quantitative estimate of drug-likeness (QED) is 0.449. The van der Waals surface area contributed by atoms with Crippen LogP contribution in [0.4, 0.5) is 4.39 Å². The van der Waals surface area contributed by atoms with Crippen LogP contribution in [0.15, 0.2) is 30.6 Å². The first-order chi connectivity index (χ1) is 13.9. The first-order valence-electron chi connectivity index (χ1n) is 9.84. The van der Waals surface area contributed by atoms with Gasteiger partial charge in [0.25, 0.3) is 0 Å². The lowest BCUT2D eigenvalue weighted by Gasteiger charge is -2.14. The molecule has 8 heteroatoms. The smallest absolute Gasteiger partial charge is 0.179 e.